The lowest BCUT2D eigenvalue weighted by Gasteiger charge is -2.33. The van der Waals surface area contributed by atoms with Gasteiger partial charge in [0.05, 0.1) is 35.4 Å². The van der Waals surface area contributed by atoms with Gasteiger partial charge >= 0.3 is 0 Å². The molecule has 0 aliphatic heterocycles. The Balaban J connectivity index is 1.46. The number of amides is 1. The number of ether oxygens (including phenoxy) is 1. The Bertz CT molecular complexity index is 1630. The highest BCUT2D eigenvalue weighted by atomic mass is 35.5. The molecule has 212 valence electrons. The molecule has 0 saturated heterocycles. The largest absolute Gasteiger partial charge is 0.496 e. The molecule has 1 aliphatic carbocycles. The van der Waals surface area contributed by atoms with Gasteiger partial charge in [-0.05, 0) is 78.6 Å². The molecular weight excluding hydrogens is 562 g/mol. The first-order valence-corrected chi connectivity index (χ1v) is 14.4. The molecule has 41 heavy (non-hydrogen) atoms. The van der Waals surface area contributed by atoms with E-state index in [0.717, 1.165) is 24.8 Å². The summed E-state index contributed by atoms with van der Waals surface area (Å²) < 4.78 is 11.4. The summed E-state index contributed by atoms with van der Waals surface area (Å²) in [6, 6.07) is 14.9. The minimum atomic E-state index is -0.475. The predicted octanol–water partition coefficient (Wildman–Crippen LogP) is 8.73. The van der Waals surface area contributed by atoms with Crippen LogP contribution in [0.15, 0.2) is 64.0 Å². The van der Waals surface area contributed by atoms with Gasteiger partial charge in [0.2, 0.25) is 0 Å². The Kier molecular flexibility index (Phi) is 8.02. The van der Waals surface area contributed by atoms with Crippen molar-refractivity contribution in [2.75, 3.05) is 12.4 Å². The molecule has 0 saturated carbocycles. The molecule has 2 aromatic heterocycles. The number of nitro benzene ring substituents is 1. The number of nitro groups is 1. The van der Waals surface area contributed by atoms with Crippen LogP contribution in [-0.4, -0.2) is 24.2 Å². The van der Waals surface area contributed by atoms with Crippen LogP contribution in [0, 0.1) is 21.4 Å². The van der Waals surface area contributed by atoms with Gasteiger partial charge in [-0.3, -0.25) is 14.9 Å². The molecule has 1 N–H and O–H groups in total. The van der Waals surface area contributed by atoms with E-state index in [1.165, 1.54) is 24.1 Å². The number of aliphatic imine (C=N–C) groups is 1. The van der Waals surface area contributed by atoms with Crippen molar-refractivity contribution < 1.29 is 18.9 Å². The van der Waals surface area contributed by atoms with Crippen molar-refractivity contribution >= 4 is 51.4 Å². The third-order valence-corrected chi connectivity index (χ3v) is 8.81. The van der Waals surface area contributed by atoms with Crippen LogP contribution in [0.3, 0.4) is 0 Å². The number of hydrogen-bond acceptors (Lipinski definition) is 7. The molecule has 1 aliphatic rings. The highest BCUT2D eigenvalue weighted by molar-refractivity contribution is 7.16. The normalized spacial score (nSPS) is 15.1. The number of furan rings is 1. The SMILES string of the molecule is COc1cc([N+](=O)[O-])ccc1-c1ccc(C=Nc2sc3c(c2C(=O)Nc2ccc(Cl)cc2)CC[C@@H](C(C)(C)C)C3)o1. The first-order valence-electron chi connectivity index (χ1n) is 13.2. The number of carbonyl (C=O) groups excluding carboxylic acids is 1. The fraction of sp³-hybridized carbons (Fsp3) is 0.290. The molecular formula is C31H30ClN3O5S. The number of fused-ring (bicyclic) bond motifs is 1. The van der Waals surface area contributed by atoms with E-state index in [0.29, 0.717) is 50.0 Å². The molecule has 0 radical (unpaired) electrons. The quantitative estimate of drug-likeness (QED) is 0.131. The van der Waals surface area contributed by atoms with Crippen molar-refractivity contribution in [3.8, 4) is 17.1 Å². The summed E-state index contributed by atoms with van der Waals surface area (Å²) in [5, 5.41) is 15.4. The average molecular weight is 592 g/mol. The molecule has 1 atom stereocenters. The molecule has 1 amide bonds. The third kappa shape index (κ3) is 6.21. The van der Waals surface area contributed by atoms with Crippen LogP contribution in [0.25, 0.3) is 11.3 Å². The molecule has 2 heterocycles. The number of anilines is 1. The molecule has 8 nitrogen and oxygen atoms in total. The van der Waals surface area contributed by atoms with Crippen molar-refractivity contribution in [2.45, 2.75) is 40.0 Å². The first-order chi connectivity index (χ1) is 19.5. The van der Waals surface area contributed by atoms with Crippen molar-refractivity contribution in [2.24, 2.45) is 16.3 Å². The maximum atomic E-state index is 13.6. The molecule has 5 rings (SSSR count). The summed E-state index contributed by atoms with van der Waals surface area (Å²) in [5.41, 5.74) is 2.99. The van der Waals surface area contributed by atoms with Crippen LogP contribution in [0.2, 0.25) is 5.02 Å². The zero-order chi connectivity index (χ0) is 29.3. The number of nitrogens with one attached hydrogen (secondary N) is 1. The second-order valence-electron chi connectivity index (χ2n) is 11.1. The van der Waals surface area contributed by atoms with Gasteiger partial charge in [-0.25, -0.2) is 4.99 Å². The van der Waals surface area contributed by atoms with E-state index in [4.69, 9.17) is 25.7 Å². The number of rotatable bonds is 7. The summed E-state index contributed by atoms with van der Waals surface area (Å²) in [5.74, 6) is 1.60. The molecule has 10 heteroatoms. The number of benzene rings is 2. The van der Waals surface area contributed by atoms with Gasteiger partial charge in [0.25, 0.3) is 11.6 Å². The molecule has 4 aromatic rings. The summed E-state index contributed by atoms with van der Waals surface area (Å²) in [6.07, 6.45) is 4.33. The third-order valence-electron chi connectivity index (χ3n) is 7.40. The van der Waals surface area contributed by atoms with Crippen LogP contribution in [-0.2, 0) is 12.8 Å². The van der Waals surface area contributed by atoms with Crippen molar-refractivity contribution in [3.05, 3.63) is 91.5 Å². The van der Waals surface area contributed by atoms with Gasteiger partial charge in [-0.15, -0.1) is 11.3 Å². The van der Waals surface area contributed by atoms with E-state index in [-0.39, 0.29) is 17.0 Å². The summed E-state index contributed by atoms with van der Waals surface area (Å²) in [6.45, 7) is 6.79. The minimum absolute atomic E-state index is 0.0706. The van der Waals surface area contributed by atoms with E-state index in [1.54, 1.807) is 60.0 Å². The number of carbonyl (C=O) groups is 1. The summed E-state index contributed by atoms with van der Waals surface area (Å²) in [4.78, 5) is 30.2. The zero-order valence-corrected chi connectivity index (χ0v) is 24.8. The minimum Gasteiger partial charge on any atom is -0.496 e. The van der Waals surface area contributed by atoms with Crippen molar-refractivity contribution in [1.29, 1.82) is 0 Å². The van der Waals surface area contributed by atoms with E-state index < -0.39 is 4.92 Å². The summed E-state index contributed by atoms with van der Waals surface area (Å²) in [7, 11) is 1.45. The van der Waals surface area contributed by atoms with Crippen LogP contribution >= 0.6 is 22.9 Å². The highest BCUT2D eigenvalue weighted by Gasteiger charge is 2.33. The Labute approximate surface area is 247 Å². The zero-order valence-electron chi connectivity index (χ0n) is 23.2. The van der Waals surface area contributed by atoms with Gasteiger partial charge in [0, 0.05) is 21.7 Å². The lowest BCUT2D eigenvalue weighted by atomic mass is 9.72. The van der Waals surface area contributed by atoms with Gasteiger partial charge in [-0.2, -0.15) is 0 Å². The lowest BCUT2D eigenvalue weighted by Crippen LogP contribution is -2.27. The van der Waals surface area contributed by atoms with E-state index in [2.05, 4.69) is 26.1 Å². The monoisotopic (exact) mass is 591 g/mol. The van der Waals surface area contributed by atoms with Gasteiger partial charge in [-0.1, -0.05) is 32.4 Å². The number of non-ortho nitro benzene ring substituents is 1. The maximum Gasteiger partial charge on any atom is 0.273 e. The number of methoxy groups -OCH3 is 1. The lowest BCUT2D eigenvalue weighted by molar-refractivity contribution is -0.384. The fourth-order valence-electron chi connectivity index (χ4n) is 5.05. The molecule has 0 fully saturated rings. The van der Waals surface area contributed by atoms with Crippen LogP contribution in [0.1, 0.15) is 53.8 Å². The Morgan fingerprint density at radius 3 is 2.63 bits per heavy atom. The van der Waals surface area contributed by atoms with Gasteiger partial charge in [0.15, 0.2) is 0 Å². The maximum absolute atomic E-state index is 13.6. The fourth-order valence-corrected chi connectivity index (χ4v) is 6.44. The standard InChI is InChI=1S/C31H30ClN3O5S/c1-31(2,3)18-5-12-24-27(15-18)41-30(28(24)29(36)34-20-8-6-19(32)7-9-20)33-17-22-11-14-25(40-22)23-13-10-21(35(37)38)16-26(23)39-4/h6-11,13-14,16-18H,5,12,15H2,1-4H3,(H,34,36)/t18-/m1/s1. The number of nitrogens with zero attached hydrogens (tertiary/aromatic N) is 2. The highest BCUT2D eigenvalue weighted by Crippen LogP contribution is 2.45. The molecule has 2 aromatic carbocycles. The van der Waals surface area contributed by atoms with Crippen LogP contribution < -0.4 is 10.1 Å². The van der Waals surface area contributed by atoms with Gasteiger partial charge < -0.3 is 14.5 Å². The second kappa shape index (κ2) is 11.5. The first kappa shape index (κ1) is 28.6. The van der Waals surface area contributed by atoms with E-state index >= 15 is 0 Å². The number of thiophene rings is 1. The summed E-state index contributed by atoms with van der Waals surface area (Å²) >= 11 is 7.57. The van der Waals surface area contributed by atoms with Crippen molar-refractivity contribution in [3.63, 3.8) is 0 Å². The van der Waals surface area contributed by atoms with Crippen molar-refractivity contribution in [1.82, 2.24) is 0 Å². The van der Waals surface area contributed by atoms with E-state index in [9.17, 15) is 14.9 Å². The van der Waals surface area contributed by atoms with Gasteiger partial charge in [0.1, 0.15) is 22.3 Å². The number of hydrogen-bond donors (Lipinski definition) is 1. The van der Waals surface area contributed by atoms with Crippen LogP contribution in [0.5, 0.6) is 5.75 Å². The predicted molar refractivity (Wildman–Crippen MR) is 163 cm³/mol. The topological polar surface area (TPSA) is 107 Å². The Hall–Kier alpha value is -3.95. The Morgan fingerprint density at radius 1 is 1.20 bits per heavy atom. The molecule has 0 unspecified atom stereocenters. The van der Waals surface area contributed by atoms with Crippen LogP contribution in [0.4, 0.5) is 16.4 Å². The smallest absolute Gasteiger partial charge is 0.273 e. The molecule has 0 spiro atoms. The Morgan fingerprint density at radius 2 is 1.95 bits per heavy atom. The van der Waals surface area contributed by atoms with E-state index in [1.807, 2.05) is 0 Å². The average Bonchev–Trinajstić information content (AvgIpc) is 3.56. The molecule has 0 bridgehead atoms. The second-order valence-corrected chi connectivity index (χ2v) is 12.6. The number of halogens is 1.